The second-order valence-electron chi connectivity index (χ2n) is 4.56. The third-order valence-electron chi connectivity index (χ3n) is 2.68. The normalized spacial score (nSPS) is 21.8. The zero-order valence-electron chi connectivity index (χ0n) is 11.1. The molecule has 100 valence electrons. The van der Waals surface area contributed by atoms with E-state index in [0.717, 1.165) is 26.2 Å². The highest BCUT2D eigenvalue weighted by Crippen LogP contribution is 2.03. The molecule has 1 aliphatic rings. The van der Waals surface area contributed by atoms with Crippen molar-refractivity contribution in [2.24, 2.45) is 0 Å². The Morgan fingerprint density at radius 3 is 3.00 bits per heavy atom. The van der Waals surface area contributed by atoms with E-state index in [1.165, 1.54) is 0 Å². The Morgan fingerprint density at radius 2 is 2.35 bits per heavy atom. The van der Waals surface area contributed by atoms with Gasteiger partial charge in [-0.2, -0.15) is 0 Å². The summed E-state index contributed by atoms with van der Waals surface area (Å²) in [5.41, 5.74) is 0. The van der Waals surface area contributed by atoms with Gasteiger partial charge in [-0.05, 0) is 20.4 Å². The van der Waals surface area contributed by atoms with Gasteiger partial charge in [-0.3, -0.25) is 9.69 Å². The van der Waals surface area contributed by atoms with E-state index in [-0.39, 0.29) is 24.7 Å². The van der Waals surface area contributed by atoms with Gasteiger partial charge < -0.3 is 14.8 Å². The molecule has 1 aliphatic heterocycles. The van der Waals surface area contributed by atoms with Crippen LogP contribution in [0.1, 0.15) is 20.8 Å². The highest BCUT2D eigenvalue weighted by Gasteiger charge is 2.19. The van der Waals surface area contributed by atoms with E-state index in [2.05, 4.69) is 17.1 Å². The number of hydrogen-bond acceptors (Lipinski definition) is 5. The molecule has 0 aromatic carbocycles. The third kappa shape index (κ3) is 6.00. The molecule has 1 saturated heterocycles. The molecule has 17 heavy (non-hydrogen) atoms. The van der Waals surface area contributed by atoms with Gasteiger partial charge in [-0.25, -0.2) is 0 Å². The fraction of sp³-hybridized carbons (Fsp3) is 0.917. The number of esters is 1. The van der Waals surface area contributed by atoms with Crippen molar-refractivity contribution >= 4 is 5.97 Å². The molecule has 0 aromatic rings. The van der Waals surface area contributed by atoms with Crippen molar-refractivity contribution in [1.29, 1.82) is 0 Å². The monoisotopic (exact) mass is 244 g/mol. The van der Waals surface area contributed by atoms with Crippen molar-refractivity contribution in [3.8, 4) is 0 Å². The van der Waals surface area contributed by atoms with Gasteiger partial charge in [0.15, 0.2) is 0 Å². The van der Waals surface area contributed by atoms with E-state index in [9.17, 15) is 4.79 Å². The minimum atomic E-state index is -0.205. The molecular formula is C12H24N2O3. The topological polar surface area (TPSA) is 50.8 Å². The number of morpholine rings is 1. The van der Waals surface area contributed by atoms with Gasteiger partial charge in [0, 0.05) is 19.6 Å². The van der Waals surface area contributed by atoms with Crippen molar-refractivity contribution in [1.82, 2.24) is 10.2 Å². The van der Waals surface area contributed by atoms with Crippen LogP contribution in [-0.4, -0.2) is 62.4 Å². The first-order valence-electron chi connectivity index (χ1n) is 6.36. The van der Waals surface area contributed by atoms with E-state index in [1.807, 2.05) is 13.8 Å². The molecule has 1 rings (SSSR count). The molecule has 0 amide bonds. The van der Waals surface area contributed by atoms with Gasteiger partial charge in [0.05, 0.1) is 25.4 Å². The summed E-state index contributed by atoms with van der Waals surface area (Å²) in [6.45, 7) is 10.6. The molecule has 0 aliphatic carbocycles. The second kappa shape index (κ2) is 7.63. The van der Waals surface area contributed by atoms with Gasteiger partial charge >= 0.3 is 5.97 Å². The molecule has 0 bridgehead atoms. The molecule has 5 heteroatoms. The standard InChI is InChI=1S/C12H24N2O3/c1-4-14-5-6-16-11(9-14)7-13-8-12(15)17-10(2)3/h10-11,13H,4-9H2,1-3H3. The summed E-state index contributed by atoms with van der Waals surface area (Å²) in [6, 6.07) is 0. The highest BCUT2D eigenvalue weighted by molar-refractivity contribution is 5.71. The lowest BCUT2D eigenvalue weighted by atomic mass is 10.2. The van der Waals surface area contributed by atoms with Crippen molar-refractivity contribution in [2.45, 2.75) is 33.0 Å². The zero-order chi connectivity index (χ0) is 12.7. The number of nitrogens with zero attached hydrogens (tertiary/aromatic N) is 1. The Kier molecular flexibility index (Phi) is 6.47. The predicted octanol–water partition coefficient (Wildman–Crippen LogP) is 0.248. The number of carbonyl (C=O) groups is 1. The number of likely N-dealkylation sites (N-methyl/N-ethyl adjacent to an activating group) is 1. The van der Waals surface area contributed by atoms with Crippen LogP contribution < -0.4 is 5.32 Å². The number of hydrogen-bond donors (Lipinski definition) is 1. The lowest BCUT2D eigenvalue weighted by Crippen LogP contribution is -2.47. The SMILES string of the molecule is CCN1CCOC(CNCC(=O)OC(C)C)C1. The fourth-order valence-corrected chi connectivity index (χ4v) is 1.83. The summed E-state index contributed by atoms with van der Waals surface area (Å²) >= 11 is 0. The summed E-state index contributed by atoms with van der Waals surface area (Å²) < 4.78 is 10.6. The molecule has 1 atom stereocenters. The van der Waals surface area contributed by atoms with Gasteiger partial charge in [-0.15, -0.1) is 0 Å². The largest absolute Gasteiger partial charge is 0.462 e. The molecule has 1 heterocycles. The second-order valence-corrected chi connectivity index (χ2v) is 4.56. The Labute approximate surface area is 103 Å². The highest BCUT2D eigenvalue weighted by atomic mass is 16.5. The lowest BCUT2D eigenvalue weighted by molar-refractivity contribution is -0.146. The number of carbonyl (C=O) groups excluding carboxylic acids is 1. The van der Waals surface area contributed by atoms with E-state index in [4.69, 9.17) is 9.47 Å². The minimum Gasteiger partial charge on any atom is -0.462 e. The first-order valence-corrected chi connectivity index (χ1v) is 6.36. The summed E-state index contributed by atoms with van der Waals surface area (Å²) in [5.74, 6) is -0.205. The summed E-state index contributed by atoms with van der Waals surface area (Å²) in [6.07, 6.45) is 0.126. The Morgan fingerprint density at radius 1 is 1.59 bits per heavy atom. The average molecular weight is 244 g/mol. The van der Waals surface area contributed by atoms with Crippen LogP contribution in [0.4, 0.5) is 0 Å². The van der Waals surface area contributed by atoms with Gasteiger partial charge in [0.1, 0.15) is 0 Å². The molecule has 5 nitrogen and oxygen atoms in total. The van der Waals surface area contributed by atoms with Crippen molar-refractivity contribution < 1.29 is 14.3 Å². The first kappa shape index (κ1) is 14.4. The van der Waals surface area contributed by atoms with Crippen LogP contribution >= 0.6 is 0 Å². The zero-order valence-corrected chi connectivity index (χ0v) is 11.1. The Hall–Kier alpha value is -0.650. The van der Waals surface area contributed by atoms with E-state index < -0.39 is 0 Å². The van der Waals surface area contributed by atoms with Crippen LogP contribution in [0.25, 0.3) is 0 Å². The predicted molar refractivity (Wildman–Crippen MR) is 66.0 cm³/mol. The summed E-state index contributed by atoms with van der Waals surface area (Å²) in [7, 11) is 0. The number of nitrogens with one attached hydrogen (secondary N) is 1. The summed E-state index contributed by atoms with van der Waals surface area (Å²) in [4.78, 5) is 13.6. The smallest absolute Gasteiger partial charge is 0.320 e. The molecule has 1 fully saturated rings. The molecule has 0 saturated carbocycles. The average Bonchev–Trinajstić information content (AvgIpc) is 2.28. The number of rotatable bonds is 6. The Bertz CT molecular complexity index is 234. The minimum absolute atomic E-state index is 0.0502. The number of ether oxygens (including phenoxy) is 2. The molecule has 0 aromatic heterocycles. The molecule has 1 N–H and O–H groups in total. The molecular weight excluding hydrogens is 220 g/mol. The van der Waals surface area contributed by atoms with Crippen LogP contribution in [0.3, 0.4) is 0 Å². The molecule has 1 unspecified atom stereocenters. The van der Waals surface area contributed by atoms with Crippen LogP contribution in [-0.2, 0) is 14.3 Å². The maximum atomic E-state index is 11.3. The Balaban J connectivity index is 2.11. The van der Waals surface area contributed by atoms with E-state index in [1.54, 1.807) is 0 Å². The van der Waals surface area contributed by atoms with E-state index in [0.29, 0.717) is 6.54 Å². The lowest BCUT2D eigenvalue weighted by Gasteiger charge is -2.32. The quantitative estimate of drug-likeness (QED) is 0.679. The van der Waals surface area contributed by atoms with Crippen molar-refractivity contribution in [3.05, 3.63) is 0 Å². The van der Waals surface area contributed by atoms with Crippen LogP contribution in [0.5, 0.6) is 0 Å². The van der Waals surface area contributed by atoms with Crippen molar-refractivity contribution in [2.75, 3.05) is 39.3 Å². The third-order valence-corrected chi connectivity index (χ3v) is 2.68. The van der Waals surface area contributed by atoms with Crippen molar-refractivity contribution in [3.63, 3.8) is 0 Å². The van der Waals surface area contributed by atoms with Crippen LogP contribution in [0.15, 0.2) is 0 Å². The first-order chi connectivity index (χ1) is 8.11. The molecule has 0 radical (unpaired) electrons. The maximum absolute atomic E-state index is 11.3. The maximum Gasteiger partial charge on any atom is 0.320 e. The van der Waals surface area contributed by atoms with Gasteiger partial charge in [-0.1, -0.05) is 6.92 Å². The van der Waals surface area contributed by atoms with Crippen LogP contribution in [0.2, 0.25) is 0 Å². The fourth-order valence-electron chi connectivity index (χ4n) is 1.83. The van der Waals surface area contributed by atoms with Gasteiger partial charge in [0.2, 0.25) is 0 Å². The summed E-state index contributed by atoms with van der Waals surface area (Å²) in [5, 5.41) is 3.08. The van der Waals surface area contributed by atoms with Crippen LogP contribution in [0, 0.1) is 0 Å². The van der Waals surface area contributed by atoms with Gasteiger partial charge in [0.25, 0.3) is 0 Å². The van der Waals surface area contributed by atoms with E-state index >= 15 is 0 Å². The molecule has 0 spiro atoms.